The van der Waals surface area contributed by atoms with E-state index >= 15 is 0 Å². The number of carbonyl (C=O) groups excluding carboxylic acids is 1. The summed E-state index contributed by atoms with van der Waals surface area (Å²) < 4.78 is 0. The number of nitrogens with one attached hydrogen (secondary N) is 1. The van der Waals surface area contributed by atoms with Gasteiger partial charge in [0.25, 0.3) is 5.91 Å². The van der Waals surface area contributed by atoms with E-state index < -0.39 is 0 Å². The van der Waals surface area contributed by atoms with Crippen LogP contribution in [0.15, 0.2) is 35.2 Å². The van der Waals surface area contributed by atoms with Gasteiger partial charge < -0.3 is 5.32 Å². The maximum Gasteiger partial charge on any atom is 0.278 e. The Morgan fingerprint density at radius 3 is 2.80 bits per heavy atom. The van der Waals surface area contributed by atoms with Gasteiger partial charge in [-0.1, -0.05) is 25.3 Å². The summed E-state index contributed by atoms with van der Waals surface area (Å²) >= 11 is 3.12. The zero-order chi connectivity index (χ0) is 20.9. The molecule has 0 saturated heterocycles. The monoisotopic (exact) mass is 441 g/mol. The van der Waals surface area contributed by atoms with Crippen molar-refractivity contribution in [3.63, 3.8) is 0 Å². The summed E-state index contributed by atoms with van der Waals surface area (Å²) in [6.45, 7) is 4.67. The maximum absolute atomic E-state index is 13.1. The van der Waals surface area contributed by atoms with E-state index in [-0.39, 0.29) is 5.91 Å². The predicted molar refractivity (Wildman–Crippen MR) is 124 cm³/mol. The van der Waals surface area contributed by atoms with Gasteiger partial charge in [0.15, 0.2) is 0 Å². The van der Waals surface area contributed by atoms with Crippen LogP contribution in [-0.4, -0.2) is 33.4 Å². The molecule has 4 rings (SSSR count). The fourth-order valence-corrected chi connectivity index (χ4v) is 5.57. The van der Waals surface area contributed by atoms with Crippen LogP contribution in [0.2, 0.25) is 0 Å². The zero-order valence-corrected chi connectivity index (χ0v) is 19.0. The van der Waals surface area contributed by atoms with Gasteiger partial charge in [-0.3, -0.25) is 9.69 Å². The summed E-state index contributed by atoms with van der Waals surface area (Å²) in [6.07, 6.45) is 8.17. The van der Waals surface area contributed by atoms with Crippen LogP contribution >= 0.6 is 22.7 Å². The molecule has 0 spiro atoms. The van der Waals surface area contributed by atoms with E-state index in [1.807, 2.05) is 29.8 Å². The van der Waals surface area contributed by atoms with E-state index in [0.717, 1.165) is 9.88 Å². The van der Waals surface area contributed by atoms with Crippen LogP contribution in [-0.2, 0) is 0 Å². The lowest BCUT2D eigenvalue weighted by atomic mass is 9.85. The lowest BCUT2D eigenvalue weighted by Crippen LogP contribution is -2.32. The molecule has 1 amide bonds. The van der Waals surface area contributed by atoms with Crippen molar-refractivity contribution in [1.29, 1.82) is 0 Å². The maximum atomic E-state index is 13.1. The molecule has 1 aliphatic carbocycles. The van der Waals surface area contributed by atoms with Gasteiger partial charge in [-0.25, -0.2) is 9.97 Å². The number of amides is 1. The molecule has 3 aromatic heterocycles. The number of thiophene rings is 1. The first kappa shape index (κ1) is 20.9. The number of rotatable bonds is 7. The molecule has 1 atom stereocenters. The van der Waals surface area contributed by atoms with Crippen molar-refractivity contribution in [3.05, 3.63) is 40.8 Å². The molecular weight excluding hydrogens is 414 g/mol. The Kier molecular flexibility index (Phi) is 6.74. The Labute approximate surface area is 185 Å². The number of nitrogens with zero attached hydrogens (tertiary/aromatic N) is 4. The van der Waals surface area contributed by atoms with Crippen LogP contribution in [0.4, 0.5) is 11.8 Å². The molecule has 158 valence electrons. The highest BCUT2D eigenvalue weighted by molar-refractivity contribution is 7.20. The molecule has 1 N–H and O–H groups in total. The van der Waals surface area contributed by atoms with Crippen molar-refractivity contribution in [2.75, 3.05) is 16.8 Å². The number of carbonyl (C=O) groups is 1. The van der Waals surface area contributed by atoms with Crippen molar-refractivity contribution in [3.8, 4) is 9.88 Å². The lowest BCUT2D eigenvalue weighted by Gasteiger charge is -2.28. The highest BCUT2D eigenvalue weighted by Crippen LogP contribution is 2.29. The number of hydrogen-bond acceptors (Lipinski definition) is 7. The molecule has 1 aliphatic rings. The Hall–Kier alpha value is -2.32. The van der Waals surface area contributed by atoms with Gasteiger partial charge in [0.05, 0.1) is 4.88 Å². The van der Waals surface area contributed by atoms with Gasteiger partial charge in [-0.15, -0.1) is 22.7 Å². The minimum Gasteiger partial charge on any atom is -0.351 e. The molecule has 6 nitrogen and oxygen atoms in total. The van der Waals surface area contributed by atoms with Crippen molar-refractivity contribution >= 4 is 40.3 Å². The van der Waals surface area contributed by atoms with Gasteiger partial charge in [0.2, 0.25) is 5.95 Å². The van der Waals surface area contributed by atoms with Crippen LogP contribution in [0.25, 0.3) is 9.88 Å². The quantitative estimate of drug-likeness (QED) is 0.508. The molecule has 0 bridgehead atoms. The first-order valence-electron chi connectivity index (χ1n) is 10.6. The lowest BCUT2D eigenvalue weighted by molar-refractivity contribution is 0.0983. The van der Waals surface area contributed by atoms with Crippen LogP contribution in [0.3, 0.4) is 0 Å². The third kappa shape index (κ3) is 4.70. The summed E-state index contributed by atoms with van der Waals surface area (Å²) in [5, 5.41) is 8.17. The Morgan fingerprint density at radius 2 is 2.07 bits per heavy atom. The average molecular weight is 442 g/mol. The number of aromatic nitrogens is 3. The Morgan fingerprint density at radius 1 is 1.23 bits per heavy atom. The third-order valence-electron chi connectivity index (χ3n) is 5.65. The molecule has 1 fully saturated rings. The minimum atomic E-state index is -0.137. The molecule has 1 saturated carbocycles. The van der Waals surface area contributed by atoms with Gasteiger partial charge in [0, 0.05) is 24.2 Å². The third-order valence-corrected chi connectivity index (χ3v) is 7.53. The molecule has 8 heteroatoms. The Balaban J connectivity index is 1.49. The highest BCUT2D eigenvalue weighted by Gasteiger charge is 2.23. The van der Waals surface area contributed by atoms with Crippen LogP contribution in [0, 0.1) is 5.92 Å². The molecule has 30 heavy (non-hydrogen) atoms. The number of hydrogen-bond donors (Lipinski definition) is 1. The summed E-state index contributed by atoms with van der Waals surface area (Å²) in [6, 6.07) is 6.11. The van der Waals surface area contributed by atoms with Crippen molar-refractivity contribution in [2.24, 2.45) is 5.92 Å². The van der Waals surface area contributed by atoms with E-state index in [0.29, 0.717) is 36.0 Å². The standard InChI is InChI=1S/C22H27N5OS2/c1-3-27(21(28)17-14-30-20(25-17)18-10-7-13-29-18)19-11-12-23-22(26-19)24-15(2)16-8-5-4-6-9-16/h7,10-16H,3-6,8-9H2,1-2H3,(H,23,24,26)/t15-/m0/s1. The fraction of sp³-hybridized carbons (Fsp3) is 0.455. The van der Waals surface area contributed by atoms with Crippen LogP contribution < -0.4 is 10.2 Å². The Bertz CT molecular complexity index is 966. The largest absolute Gasteiger partial charge is 0.351 e. The van der Waals surface area contributed by atoms with E-state index in [1.165, 1.54) is 43.4 Å². The second-order valence-electron chi connectivity index (χ2n) is 7.63. The smallest absolute Gasteiger partial charge is 0.278 e. The first-order valence-corrected chi connectivity index (χ1v) is 12.3. The average Bonchev–Trinajstić information content (AvgIpc) is 3.47. The van der Waals surface area contributed by atoms with E-state index in [4.69, 9.17) is 0 Å². The van der Waals surface area contributed by atoms with Gasteiger partial charge in [-0.2, -0.15) is 4.98 Å². The first-order chi connectivity index (χ1) is 14.7. The molecule has 3 heterocycles. The molecule has 0 unspecified atom stereocenters. The second kappa shape index (κ2) is 9.66. The van der Waals surface area contributed by atoms with Crippen molar-refractivity contribution in [2.45, 2.75) is 52.0 Å². The summed E-state index contributed by atoms with van der Waals surface area (Å²) in [7, 11) is 0. The van der Waals surface area contributed by atoms with Crippen molar-refractivity contribution in [1.82, 2.24) is 15.0 Å². The van der Waals surface area contributed by atoms with Gasteiger partial charge in [0.1, 0.15) is 16.5 Å². The normalized spacial score (nSPS) is 15.7. The summed E-state index contributed by atoms with van der Waals surface area (Å²) in [5.74, 6) is 1.69. The molecule has 3 aromatic rings. The summed E-state index contributed by atoms with van der Waals surface area (Å²) in [5.41, 5.74) is 0.453. The zero-order valence-electron chi connectivity index (χ0n) is 17.4. The minimum absolute atomic E-state index is 0.137. The van der Waals surface area contributed by atoms with E-state index in [2.05, 4.69) is 27.2 Å². The molecule has 0 aromatic carbocycles. The van der Waals surface area contributed by atoms with Crippen molar-refractivity contribution < 1.29 is 4.79 Å². The summed E-state index contributed by atoms with van der Waals surface area (Å²) in [4.78, 5) is 29.5. The molecule has 0 aliphatic heterocycles. The molecule has 0 radical (unpaired) electrons. The van der Waals surface area contributed by atoms with Crippen LogP contribution in [0.1, 0.15) is 56.4 Å². The predicted octanol–water partition coefficient (Wildman–Crippen LogP) is 5.71. The van der Waals surface area contributed by atoms with Gasteiger partial charge >= 0.3 is 0 Å². The molecular formula is C22H27N5OS2. The van der Waals surface area contributed by atoms with Crippen LogP contribution in [0.5, 0.6) is 0 Å². The second-order valence-corrected chi connectivity index (χ2v) is 9.44. The number of thiazole rings is 1. The van der Waals surface area contributed by atoms with E-state index in [9.17, 15) is 4.79 Å². The van der Waals surface area contributed by atoms with E-state index in [1.54, 1.807) is 28.5 Å². The fourth-order valence-electron chi connectivity index (χ4n) is 3.96. The highest BCUT2D eigenvalue weighted by atomic mass is 32.1. The topological polar surface area (TPSA) is 71.0 Å². The number of anilines is 2. The SMILES string of the molecule is CCN(C(=O)c1csc(-c2cccs2)n1)c1ccnc(N[C@@H](C)C2CCCCC2)n1. The van der Waals surface area contributed by atoms with Gasteiger partial charge in [-0.05, 0) is 50.1 Å².